The fraction of sp³-hybridized carbons (Fsp3) is 0.538. The van der Waals surface area contributed by atoms with Gasteiger partial charge in [0, 0.05) is 12.6 Å². The highest BCUT2D eigenvalue weighted by molar-refractivity contribution is 6.33. The van der Waals surface area contributed by atoms with Crippen LogP contribution in [0.15, 0.2) is 24.3 Å². The van der Waals surface area contributed by atoms with E-state index < -0.39 is 0 Å². The van der Waals surface area contributed by atoms with Crippen LogP contribution in [0, 0.1) is 0 Å². The fourth-order valence-electron chi connectivity index (χ4n) is 1.69. The van der Waals surface area contributed by atoms with Crippen LogP contribution < -0.4 is 11.1 Å². The van der Waals surface area contributed by atoms with Crippen LogP contribution in [0.3, 0.4) is 0 Å². The lowest BCUT2D eigenvalue weighted by Gasteiger charge is -2.18. The fourth-order valence-corrected chi connectivity index (χ4v) is 1.88. The van der Waals surface area contributed by atoms with Crippen molar-refractivity contribution in [2.45, 2.75) is 38.6 Å². The van der Waals surface area contributed by atoms with Crippen LogP contribution in [0.1, 0.15) is 32.6 Å². The molecule has 1 rings (SSSR count). The molecule has 1 atom stereocenters. The molecular formula is C13H21ClN2. The first-order valence-corrected chi connectivity index (χ1v) is 6.36. The molecule has 0 heterocycles. The summed E-state index contributed by atoms with van der Waals surface area (Å²) in [5.74, 6) is 0. The van der Waals surface area contributed by atoms with E-state index in [1.54, 1.807) is 0 Å². The zero-order chi connectivity index (χ0) is 11.8. The van der Waals surface area contributed by atoms with E-state index in [1.807, 2.05) is 24.3 Å². The Morgan fingerprint density at radius 1 is 1.31 bits per heavy atom. The van der Waals surface area contributed by atoms with E-state index in [9.17, 15) is 0 Å². The molecule has 1 unspecified atom stereocenters. The topological polar surface area (TPSA) is 38.0 Å². The Morgan fingerprint density at radius 3 is 2.69 bits per heavy atom. The predicted octanol–water partition coefficient (Wildman–Crippen LogP) is 3.66. The summed E-state index contributed by atoms with van der Waals surface area (Å²) in [6, 6.07) is 8.12. The molecular weight excluding hydrogens is 220 g/mol. The van der Waals surface area contributed by atoms with Crippen LogP contribution in [0.5, 0.6) is 0 Å². The molecule has 0 saturated heterocycles. The lowest BCUT2D eigenvalue weighted by atomic mass is 10.1. The highest BCUT2D eigenvalue weighted by Crippen LogP contribution is 2.22. The molecule has 16 heavy (non-hydrogen) atoms. The summed E-state index contributed by atoms with van der Waals surface area (Å²) in [6.07, 6.45) is 4.83. The zero-order valence-electron chi connectivity index (χ0n) is 9.88. The molecule has 0 saturated carbocycles. The van der Waals surface area contributed by atoms with Crippen molar-refractivity contribution in [2.24, 2.45) is 5.73 Å². The normalized spacial score (nSPS) is 12.4. The van der Waals surface area contributed by atoms with Crippen LogP contribution in [-0.4, -0.2) is 12.6 Å². The third kappa shape index (κ3) is 4.42. The van der Waals surface area contributed by atoms with Crippen molar-refractivity contribution in [1.82, 2.24) is 0 Å². The van der Waals surface area contributed by atoms with Gasteiger partial charge in [0.25, 0.3) is 0 Å². The third-order valence-corrected chi connectivity index (χ3v) is 3.00. The third-order valence-electron chi connectivity index (χ3n) is 2.67. The van der Waals surface area contributed by atoms with Gasteiger partial charge in [0.2, 0.25) is 0 Å². The van der Waals surface area contributed by atoms with Gasteiger partial charge in [-0.3, -0.25) is 0 Å². The van der Waals surface area contributed by atoms with E-state index in [0.717, 1.165) is 17.1 Å². The summed E-state index contributed by atoms with van der Waals surface area (Å²) in [5.41, 5.74) is 6.73. The van der Waals surface area contributed by atoms with Crippen LogP contribution in [0.4, 0.5) is 5.69 Å². The summed E-state index contributed by atoms with van der Waals surface area (Å²) < 4.78 is 0. The number of hydrogen-bond acceptors (Lipinski definition) is 2. The molecule has 3 N–H and O–H groups in total. The number of halogens is 1. The van der Waals surface area contributed by atoms with E-state index in [4.69, 9.17) is 17.3 Å². The molecule has 0 amide bonds. The molecule has 0 radical (unpaired) electrons. The van der Waals surface area contributed by atoms with Gasteiger partial charge in [-0.25, -0.2) is 0 Å². The van der Waals surface area contributed by atoms with Crippen molar-refractivity contribution in [3.05, 3.63) is 29.3 Å². The minimum absolute atomic E-state index is 0.325. The monoisotopic (exact) mass is 240 g/mol. The second-order valence-corrected chi connectivity index (χ2v) is 4.46. The van der Waals surface area contributed by atoms with Gasteiger partial charge in [0.15, 0.2) is 0 Å². The largest absolute Gasteiger partial charge is 0.380 e. The van der Waals surface area contributed by atoms with Crippen molar-refractivity contribution in [2.75, 3.05) is 11.9 Å². The lowest BCUT2D eigenvalue weighted by Crippen LogP contribution is -2.28. The molecule has 3 heteroatoms. The van der Waals surface area contributed by atoms with Gasteiger partial charge in [-0.05, 0) is 18.6 Å². The Morgan fingerprint density at radius 2 is 2.06 bits per heavy atom. The molecule has 0 fully saturated rings. The molecule has 0 aliphatic rings. The standard InChI is InChI=1S/C13H21ClN2/c1-2-3-4-7-11(10-15)16-13-9-6-5-8-12(13)14/h5-6,8-9,11,16H,2-4,7,10,15H2,1H3. The van der Waals surface area contributed by atoms with Crippen molar-refractivity contribution in [3.63, 3.8) is 0 Å². The van der Waals surface area contributed by atoms with Gasteiger partial charge in [-0.15, -0.1) is 0 Å². The Balaban J connectivity index is 2.46. The number of nitrogens with two attached hydrogens (primary N) is 1. The predicted molar refractivity (Wildman–Crippen MR) is 72.1 cm³/mol. The molecule has 2 nitrogen and oxygen atoms in total. The smallest absolute Gasteiger partial charge is 0.0637 e. The van der Waals surface area contributed by atoms with Crippen LogP contribution in [-0.2, 0) is 0 Å². The molecule has 0 aromatic heterocycles. The molecule has 90 valence electrons. The first kappa shape index (κ1) is 13.3. The maximum Gasteiger partial charge on any atom is 0.0637 e. The van der Waals surface area contributed by atoms with Gasteiger partial charge >= 0.3 is 0 Å². The van der Waals surface area contributed by atoms with Gasteiger partial charge in [-0.1, -0.05) is 49.9 Å². The number of rotatable bonds is 7. The number of hydrogen-bond donors (Lipinski definition) is 2. The van der Waals surface area contributed by atoms with Gasteiger partial charge in [0.1, 0.15) is 0 Å². The Hall–Kier alpha value is -0.730. The average molecular weight is 241 g/mol. The quantitative estimate of drug-likeness (QED) is 0.714. The Labute approximate surface area is 103 Å². The molecule has 0 aliphatic heterocycles. The molecule has 0 spiro atoms. The summed E-state index contributed by atoms with van der Waals surface area (Å²) >= 11 is 6.08. The first-order valence-electron chi connectivity index (χ1n) is 5.99. The van der Waals surface area contributed by atoms with E-state index in [1.165, 1.54) is 19.3 Å². The van der Waals surface area contributed by atoms with Crippen LogP contribution >= 0.6 is 11.6 Å². The number of anilines is 1. The SMILES string of the molecule is CCCCCC(CN)Nc1ccccc1Cl. The van der Waals surface area contributed by atoms with Crippen molar-refractivity contribution < 1.29 is 0 Å². The molecule has 0 bridgehead atoms. The highest BCUT2D eigenvalue weighted by Gasteiger charge is 2.07. The van der Waals surface area contributed by atoms with Gasteiger partial charge in [0.05, 0.1) is 10.7 Å². The van der Waals surface area contributed by atoms with E-state index in [0.29, 0.717) is 12.6 Å². The summed E-state index contributed by atoms with van der Waals surface area (Å²) in [5, 5.41) is 4.16. The number of unbranched alkanes of at least 4 members (excludes halogenated alkanes) is 2. The minimum atomic E-state index is 0.325. The number of nitrogens with one attached hydrogen (secondary N) is 1. The zero-order valence-corrected chi connectivity index (χ0v) is 10.6. The van der Waals surface area contributed by atoms with E-state index >= 15 is 0 Å². The first-order chi connectivity index (χ1) is 7.77. The number of para-hydroxylation sites is 1. The van der Waals surface area contributed by atoms with Crippen molar-refractivity contribution in [3.8, 4) is 0 Å². The molecule has 1 aromatic carbocycles. The average Bonchev–Trinajstić information content (AvgIpc) is 2.30. The maximum absolute atomic E-state index is 6.08. The van der Waals surface area contributed by atoms with Gasteiger partial charge in [-0.2, -0.15) is 0 Å². The summed E-state index contributed by atoms with van der Waals surface area (Å²) in [7, 11) is 0. The van der Waals surface area contributed by atoms with Crippen LogP contribution in [0.25, 0.3) is 0 Å². The van der Waals surface area contributed by atoms with Gasteiger partial charge < -0.3 is 11.1 Å². The Bertz CT molecular complexity index is 302. The second-order valence-electron chi connectivity index (χ2n) is 4.05. The highest BCUT2D eigenvalue weighted by atomic mass is 35.5. The Kier molecular flexibility index (Phi) is 6.27. The van der Waals surface area contributed by atoms with Crippen LogP contribution in [0.2, 0.25) is 5.02 Å². The summed E-state index contributed by atoms with van der Waals surface area (Å²) in [4.78, 5) is 0. The molecule has 1 aromatic rings. The second kappa shape index (κ2) is 7.53. The summed E-state index contributed by atoms with van der Waals surface area (Å²) in [6.45, 7) is 2.86. The van der Waals surface area contributed by atoms with E-state index in [-0.39, 0.29) is 0 Å². The van der Waals surface area contributed by atoms with Crippen molar-refractivity contribution in [1.29, 1.82) is 0 Å². The maximum atomic E-state index is 6.08. The van der Waals surface area contributed by atoms with Crippen molar-refractivity contribution >= 4 is 17.3 Å². The number of benzene rings is 1. The molecule has 0 aliphatic carbocycles. The van der Waals surface area contributed by atoms with E-state index in [2.05, 4.69) is 12.2 Å². The minimum Gasteiger partial charge on any atom is -0.380 e. The lowest BCUT2D eigenvalue weighted by molar-refractivity contribution is 0.591.